The van der Waals surface area contributed by atoms with E-state index in [2.05, 4.69) is 6.92 Å². The molecule has 6 nitrogen and oxygen atoms in total. The molecular formula is C38H38O6. The van der Waals surface area contributed by atoms with Crippen LogP contribution in [0.4, 0.5) is 0 Å². The summed E-state index contributed by atoms with van der Waals surface area (Å²) in [5.74, 6) is -0.760. The molecule has 0 aliphatic rings. The van der Waals surface area contributed by atoms with Crippen LogP contribution in [0, 0.1) is 0 Å². The lowest BCUT2D eigenvalue weighted by Crippen LogP contribution is -2.44. The summed E-state index contributed by atoms with van der Waals surface area (Å²) in [7, 11) is 0. The maximum atomic E-state index is 6.56. The first-order valence-electron chi connectivity index (χ1n) is 15.0. The van der Waals surface area contributed by atoms with E-state index in [-0.39, 0.29) is 0 Å². The Morgan fingerprint density at radius 1 is 0.409 bits per heavy atom. The van der Waals surface area contributed by atoms with Crippen LogP contribution in [-0.2, 0) is 21.4 Å². The van der Waals surface area contributed by atoms with Crippen LogP contribution in [0.2, 0.25) is 0 Å². The van der Waals surface area contributed by atoms with Gasteiger partial charge in [-0.05, 0) is 86.1 Å². The SMILES string of the molecule is CCCCOC(Oc1ccccc1)(Oc1ccccc1)c1ccc(C(OCC)(Oc2ccccc2)Oc2ccccc2)cc1. The van der Waals surface area contributed by atoms with Crippen LogP contribution in [0.15, 0.2) is 146 Å². The molecule has 0 saturated carbocycles. The van der Waals surface area contributed by atoms with E-state index in [1.165, 1.54) is 0 Å². The maximum Gasteiger partial charge on any atom is 0.401 e. The van der Waals surface area contributed by atoms with Crippen LogP contribution >= 0.6 is 0 Å². The van der Waals surface area contributed by atoms with E-state index in [4.69, 9.17) is 28.4 Å². The van der Waals surface area contributed by atoms with Gasteiger partial charge in [-0.25, -0.2) is 0 Å². The van der Waals surface area contributed by atoms with Crippen molar-refractivity contribution in [3.05, 3.63) is 157 Å². The first kappa shape index (κ1) is 30.7. The Balaban J connectivity index is 1.59. The third-order valence-corrected chi connectivity index (χ3v) is 6.70. The fourth-order valence-corrected chi connectivity index (χ4v) is 4.56. The monoisotopic (exact) mass is 590 g/mol. The zero-order valence-corrected chi connectivity index (χ0v) is 25.1. The quantitative estimate of drug-likeness (QED) is 0.0844. The Morgan fingerprint density at radius 2 is 0.727 bits per heavy atom. The number of hydrogen-bond donors (Lipinski definition) is 0. The molecule has 0 aliphatic heterocycles. The number of ether oxygens (including phenoxy) is 6. The molecule has 0 aromatic heterocycles. The van der Waals surface area contributed by atoms with Gasteiger partial charge >= 0.3 is 11.9 Å². The van der Waals surface area contributed by atoms with Gasteiger partial charge < -0.3 is 28.4 Å². The van der Waals surface area contributed by atoms with Crippen molar-refractivity contribution >= 4 is 0 Å². The van der Waals surface area contributed by atoms with Gasteiger partial charge in [-0.2, -0.15) is 0 Å². The van der Waals surface area contributed by atoms with Crippen molar-refractivity contribution in [1.82, 2.24) is 0 Å². The molecule has 0 aliphatic carbocycles. The topological polar surface area (TPSA) is 55.4 Å². The number of benzene rings is 5. The minimum Gasteiger partial charge on any atom is -0.426 e. The van der Waals surface area contributed by atoms with E-state index in [9.17, 15) is 0 Å². The minimum absolute atomic E-state index is 0.333. The molecule has 0 atom stereocenters. The van der Waals surface area contributed by atoms with E-state index >= 15 is 0 Å². The Hall–Kier alpha value is -4.78. The van der Waals surface area contributed by atoms with Gasteiger partial charge in [0, 0.05) is 0 Å². The largest absolute Gasteiger partial charge is 0.426 e. The van der Waals surface area contributed by atoms with Crippen LogP contribution in [0.3, 0.4) is 0 Å². The van der Waals surface area contributed by atoms with E-state index in [1.807, 2.05) is 153 Å². The van der Waals surface area contributed by atoms with Crippen LogP contribution in [0.1, 0.15) is 37.8 Å². The molecule has 0 fully saturated rings. The summed E-state index contributed by atoms with van der Waals surface area (Å²) in [4.78, 5) is 0. The van der Waals surface area contributed by atoms with Crippen molar-refractivity contribution in [1.29, 1.82) is 0 Å². The van der Waals surface area contributed by atoms with Crippen molar-refractivity contribution in [2.24, 2.45) is 0 Å². The van der Waals surface area contributed by atoms with E-state index in [0.717, 1.165) is 12.8 Å². The Kier molecular flexibility index (Phi) is 10.5. The lowest BCUT2D eigenvalue weighted by Gasteiger charge is -2.36. The van der Waals surface area contributed by atoms with Crippen molar-refractivity contribution in [2.75, 3.05) is 13.2 Å². The predicted molar refractivity (Wildman–Crippen MR) is 171 cm³/mol. The zero-order valence-electron chi connectivity index (χ0n) is 25.1. The van der Waals surface area contributed by atoms with Crippen LogP contribution < -0.4 is 18.9 Å². The summed E-state index contributed by atoms with van der Waals surface area (Å²) < 4.78 is 38.9. The third-order valence-electron chi connectivity index (χ3n) is 6.70. The molecule has 0 N–H and O–H groups in total. The summed E-state index contributed by atoms with van der Waals surface area (Å²) in [6.07, 6.45) is 1.79. The fourth-order valence-electron chi connectivity index (χ4n) is 4.56. The summed E-state index contributed by atoms with van der Waals surface area (Å²) >= 11 is 0. The Bertz CT molecular complexity index is 1430. The lowest BCUT2D eigenvalue weighted by atomic mass is 10.1. The normalized spacial score (nSPS) is 11.5. The number of rotatable bonds is 16. The molecule has 5 aromatic carbocycles. The summed E-state index contributed by atoms with van der Waals surface area (Å²) in [5, 5.41) is 0. The van der Waals surface area contributed by atoms with Gasteiger partial charge in [0.15, 0.2) is 0 Å². The highest BCUT2D eigenvalue weighted by Crippen LogP contribution is 2.37. The zero-order chi connectivity index (χ0) is 30.5. The van der Waals surface area contributed by atoms with E-state index < -0.39 is 11.9 Å². The number of unbranched alkanes of at least 4 members (excludes halogenated alkanes) is 1. The fraction of sp³-hybridized carbons (Fsp3) is 0.211. The molecular weight excluding hydrogens is 552 g/mol. The molecule has 0 saturated heterocycles. The third kappa shape index (κ3) is 7.78. The molecule has 0 spiro atoms. The molecule has 5 rings (SSSR count). The van der Waals surface area contributed by atoms with Gasteiger partial charge in [-0.1, -0.05) is 86.1 Å². The second-order valence-electron chi connectivity index (χ2n) is 9.99. The molecule has 0 heterocycles. The molecule has 44 heavy (non-hydrogen) atoms. The van der Waals surface area contributed by atoms with Crippen molar-refractivity contribution < 1.29 is 28.4 Å². The van der Waals surface area contributed by atoms with Gasteiger partial charge in [0.25, 0.3) is 0 Å². The van der Waals surface area contributed by atoms with Crippen LogP contribution in [0.5, 0.6) is 23.0 Å². The molecule has 0 amide bonds. The molecule has 5 aromatic rings. The summed E-state index contributed by atoms with van der Waals surface area (Å²) in [5.41, 5.74) is 1.28. The van der Waals surface area contributed by atoms with Gasteiger partial charge in [0.2, 0.25) is 0 Å². The second-order valence-corrected chi connectivity index (χ2v) is 9.99. The van der Waals surface area contributed by atoms with Crippen LogP contribution in [0.25, 0.3) is 0 Å². The molecule has 0 bridgehead atoms. The predicted octanol–water partition coefficient (Wildman–Crippen LogP) is 9.08. The summed E-state index contributed by atoms with van der Waals surface area (Å²) in [6.45, 7) is 4.78. The molecule has 0 unspecified atom stereocenters. The highest BCUT2D eigenvalue weighted by Gasteiger charge is 2.43. The molecule has 0 radical (unpaired) electrons. The van der Waals surface area contributed by atoms with Crippen molar-refractivity contribution in [2.45, 2.75) is 38.6 Å². The molecule has 226 valence electrons. The van der Waals surface area contributed by atoms with Gasteiger partial charge in [0.05, 0.1) is 24.3 Å². The maximum absolute atomic E-state index is 6.56. The minimum atomic E-state index is -1.58. The number of para-hydroxylation sites is 4. The number of hydrogen-bond acceptors (Lipinski definition) is 6. The Labute approximate surface area is 259 Å². The van der Waals surface area contributed by atoms with Crippen LogP contribution in [-0.4, -0.2) is 13.2 Å². The van der Waals surface area contributed by atoms with Crippen molar-refractivity contribution in [3.63, 3.8) is 0 Å². The van der Waals surface area contributed by atoms with Crippen molar-refractivity contribution in [3.8, 4) is 23.0 Å². The van der Waals surface area contributed by atoms with Gasteiger partial charge in [0.1, 0.15) is 23.0 Å². The van der Waals surface area contributed by atoms with Gasteiger partial charge in [-0.15, -0.1) is 0 Å². The highest BCUT2D eigenvalue weighted by molar-refractivity contribution is 5.34. The molecule has 6 heteroatoms. The smallest absolute Gasteiger partial charge is 0.401 e. The average Bonchev–Trinajstić information content (AvgIpc) is 3.07. The Morgan fingerprint density at radius 3 is 1.02 bits per heavy atom. The van der Waals surface area contributed by atoms with E-state index in [0.29, 0.717) is 47.3 Å². The average molecular weight is 591 g/mol. The first-order chi connectivity index (χ1) is 21.6. The van der Waals surface area contributed by atoms with Gasteiger partial charge in [-0.3, -0.25) is 0 Å². The highest BCUT2D eigenvalue weighted by atomic mass is 16.9. The second kappa shape index (κ2) is 15.1. The summed E-state index contributed by atoms with van der Waals surface area (Å²) in [6, 6.07) is 45.5. The van der Waals surface area contributed by atoms with E-state index in [1.54, 1.807) is 0 Å². The first-order valence-corrected chi connectivity index (χ1v) is 15.0. The lowest BCUT2D eigenvalue weighted by molar-refractivity contribution is -0.315. The standard InChI is InChI=1S/C38H38O6/c1-3-5-30-40-38(43-35-22-14-8-15-23-35,44-36-24-16-9-17-25-36)32-28-26-31(27-29-32)37(39-4-2,41-33-18-10-6-11-19-33)42-34-20-12-7-13-21-34/h6-29H,3-5,30H2,1-2H3.